The highest BCUT2D eigenvalue weighted by Crippen LogP contribution is 2.36. The van der Waals surface area contributed by atoms with Crippen molar-refractivity contribution in [3.05, 3.63) is 63.5 Å². The van der Waals surface area contributed by atoms with Gasteiger partial charge in [0.15, 0.2) is 0 Å². The number of hydrogen-bond donors (Lipinski definition) is 1. The van der Waals surface area contributed by atoms with Gasteiger partial charge in [0, 0.05) is 43.7 Å². The lowest BCUT2D eigenvalue weighted by Crippen LogP contribution is -2.36. The van der Waals surface area contributed by atoms with E-state index in [0.29, 0.717) is 32.4 Å². The molecular weight excluding hydrogens is 478 g/mol. The van der Waals surface area contributed by atoms with Crippen LogP contribution in [0.1, 0.15) is 39.2 Å². The van der Waals surface area contributed by atoms with Crippen LogP contribution >= 0.6 is 11.3 Å². The second-order valence-electron chi connectivity index (χ2n) is 8.72. The molecule has 1 aliphatic heterocycles. The van der Waals surface area contributed by atoms with E-state index in [2.05, 4.69) is 15.3 Å². The van der Waals surface area contributed by atoms with Crippen LogP contribution in [-0.4, -0.2) is 53.4 Å². The predicted octanol–water partition coefficient (Wildman–Crippen LogP) is 4.11. The van der Waals surface area contributed by atoms with Crippen molar-refractivity contribution >= 4 is 34.6 Å². The summed E-state index contributed by atoms with van der Waals surface area (Å²) >= 11 is 1.49. The SMILES string of the molecule is CN=Cc1c(NC(=O)CCc2cc(C)ccc2OC)sc2c1CCN(C(=O)OCc1cncn1C)C2. The van der Waals surface area contributed by atoms with Crippen molar-refractivity contribution < 1.29 is 19.1 Å². The highest BCUT2D eigenvalue weighted by molar-refractivity contribution is 7.16. The standard InChI is InChI=1S/C26H31N5O4S/c1-17-5-7-22(34-4)18(11-17)6-8-24(32)29-25-21(13-27-2)20-9-10-31(14-23(20)36-25)26(33)35-15-19-12-28-16-30(19)3/h5,7,11-13,16H,6,8-10,14-15H2,1-4H3,(H,29,32). The summed E-state index contributed by atoms with van der Waals surface area (Å²) in [6.45, 7) is 3.17. The van der Waals surface area contributed by atoms with Crippen molar-refractivity contribution in [3.63, 3.8) is 0 Å². The molecule has 0 radical (unpaired) electrons. The van der Waals surface area contributed by atoms with Gasteiger partial charge in [-0.2, -0.15) is 0 Å². The number of aryl methyl sites for hydroxylation is 3. The average Bonchev–Trinajstić information content (AvgIpc) is 3.43. The predicted molar refractivity (Wildman–Crippen MR) is 140 cm³/mol. The zero-order valence-corrected chi connectivity index (χ0v) is 21.9. The van der Waals surface area contributed by atoms with Gasteiger partial charge in [-0.05, 0) is 37.0 Å². The molecule has 9 nitrogen and oxygen atoms in total. The monoisotopic (exact) mass is 509 g/mol. The van der Waals surface area contributed by atoms with Gasteiger partial charge in [0.05, 0.1) is 31.9 Å². The molecule has 0 saturated heterocycles. The van der Waals surface area contributed by atoms with E-state index in [1.807, 2.05) is 36.7 Å². The van der Waals surface area contributed by atoms with Crippen LogP contribution in [-0.2, 0) is 42.6 Å². The molecule has 3 aromatic rings. The van der Waals surface area contributed by atoms with E-state index >= 15 is 0 Å². The number of aliphatic imine (C=N–C) groups is 1. The van der Waals surface area contributed by atoms with Gasteiger partial charge in [-0.1, -0.05) is 17.7 Å². The molecule has 3 heterocycles. The number of anilines is 1. The van der Waals surface area contributed by atoms with Crippen LogP contribution in [0.15, 0.2) is 35.7 Å². The third-order valence-electron chi connectivity index (χ3n) is 6.18. The Morgan fingerprint density at radius 3 is 2.89 bits per heavy atom. The van der Waals surface area contributed by atoms with Gasteiger partial charge in [0.1, 0.15) is 17.4 Å². The van der Waals surface area contributed by atoms with E-state index in [1.54, 1.807) is 37.8 Å². The number of hydrogen-bond acceptors (Lipinski definition) is 7. The fourth-order valence-electron chi connectivity index (χ4n) is 4.23. The molecule has 1 N–H and O–H groups in total. The zero-order chi connectivity index (χ0) is 25.7. The number of nitrogens with zero attached hydrogens (tertiary/aromatic N) is 4. The Bertz CT molecular complexity index is 1280. The molecule has 4 rings (SSSR count). The molecule has 0 bridgehead atoms. The smallest absolute Gasteiger partial charge is 0.410 e. The molecule has 10 heteroatoms. The van der Waals surface area contributed by atoms with E-state index in [-0.39, 0.29) is 18.6 Å². The number of nitrogens with one attached hydrogen (secondary N) is 1. The molecule has 0 atom stereocenters. The second-order valence-corrected chi connectivity index (χ2v) is 9.82. The van der Waals surface area contributed by atoms with E-state index in [0.717, 1.165) is 43.6 Å². The van der Waals surface area contributed by atoms with Gasteiger partial charge < -0.3 is 24.3 Å². The number of amides is 2. The lowest BCUT2D eigenvalue weighted by atomic mass is 10.0. The second kappa shape index (κ2) is 11.4. The summed E-state index contributed by atoms with van der Waals surface area (Å²) in [7, 11) is 5.21. The summed E-state index contributed by atoms with van der Waals surface area (Å²) in [6.07, 6.45) is 6.36. The van der Waals surface area contributed by atoms with Crippen molar-refractivity contribution in [3.8, 4) is 5.75 Å². The Kier molecular flexibility index (Phi) is 8.04. The Morgan fingerprint density at radius 1 is 1.33 bits per heavy atom. The largest absolute Gasteiger partial charge is 0.496 e. The van der Waals surface area contributed by atoms with Crippen molar-refractivity contribution in [2.24, 2.45) is 12.0 Å². The number of methoxy groups -OCH3 is 1. The summed E-state index contributed by atoms with van der Waals surface area (Å²) in [5.41, 5.74) is 5.00. The lowest BCUT2D eigenvalue weighted by Gasteiger charge is -2.26. The van der Waals surface area contributed by atoms with Crippen LogP contribution in [0.5, 0.6) is 5.75 Å². The Labute approximate surface area is 214 Å². The summed E-state index contributed by atoms with van der Waals surface area (Å²) in [6, 6.07) is 5.97. The minimum atomic E-state index is -0.362. The number of aromatic nitrogens is 2. The molecule has 0 aliphatic carbocycles. The van der Waals surface area contributed by atoms with E-state index in [4.69, 9.17) is 9.47 Å². The molecule has 0 saturated carbocycles. The molecule has 190 valence electrons. The Hall–Kier alpha value is -3.66. The first-order valence-corrected chi connectivity index (χ1v) is 12.6. The molecule has 1 aliphatic rings. The maximum Gasteiger partial charge on any atom is 0.410 e. The van der Waals surface area contributed by atoms with Gasteiger partial charge in [0.2, 0.25) is 5.91 Å². The first-order valence-electron chi connectivity index (χ1n) is 11.8. The highest BCUT2D eigenvalue weighted by Gasteiger charge is 2.28. The van der Waals surface area contributed by atoms with Gasteiger partial charge in [0.25, 0.3) is 0 Å². The minimum Gasteiger partial charge on any atom is -0.496 e. The Morgan fingerprint density at radius 2 is 2.17 bits per heavy atom. The minimum absolute atomic E-state index is 0.0737. The van der Waals surface area contributed by atoms with Gasteiger partial charge in [-0.15, -0.1) is 11.3 Å². The molecule has 0 spiro atoms. The normalized spacial score (nSPS) is 13.1. The molecule has 36 heavy (non-hydrogen) atoms. The number of ether oxygens (including phenoxy) is 2. The topological polar surface area (TPSA) is 98.1 Å². The van der Waals surface area contributed by atoms with E-state index in [1.165, 1.54) is 11.3 Å². The number of benzene rings is 1. The first kappa shape index (κ1) is 25.4. The summed E-state index contributed by atoms with van der Waals surface area (Å²) < 4.78 is 12.8. The third kappa shape index (κ3) is 5.76. The maximum atomic E-state index is 12.9. The van der Waals surface area contributed by atoms with Crippen LogP contribution < -0.4 is 10.1 Å². The summed E-state index contributed by atoms with van der Waals surface area (Å²) in [5.74, 6) is 0.713. The third-order valence-corrected chi connectivity index (χ3v) is 7.33. The first-order chi connectivity index (χ1) is 17.4. The van der Waals surface area contributed by atoms with Crippen LogP contribution in [0.4, 0.5) is 9.80 Å². The van der Waals surface area contributed by atoms with E-state index in [9.17, 15) is 9.59 Å². The van der Waals surface area contributed by atoms with Gasteiger partial charge >= 0.3 is 6.09 Å². The number of carbonyl (C=O) groups is 2. The summed E-state index contributed by atoms with van der Waals surface area (Å²) in [5, 5.41) is 3.83. The van der Waals surface area contributed by atoms with Crippen LogP contribution in [0, 0.1) is 6.92 Å². The fraction of sp³-hybridized carbons (Fsp3) is 0.385. The maximum absolute atomic E-state index is 12.9. The van der Waals surface area contributed by atoms with Gasteiger partial charge in [-0.3, -0.25) is 9.79 Å². The number of thiophene rings is 1. The number of carbonyl (C=O) groups excluding carboxylic acids is 2. The fourth-order valence-corrected chi connectivity index (χ4v) is 5.49. The van der Waals surface area contributed by atoms with Crippen LogP contribution in [0.25, 0.3) is 0 Å². The molecule has 0 fully saturated rings. The van der Waals surface area contributed by atoms with Crippen molar-refractivity contribution in [1.29, 1.82) is 0 Å². The Balaban J connectivity index is 1.41. The quantitative estimate of drug-likeness (QED) is 0.461. The average molecular weight is 510 g/mol. The number of imidazole rings is 1. The molecule has 2 aromatic heterocycles. The van der Waals surface area contributed by atoms with Crippen molar-refractivity contribution in [2.75, 3.05) is 26.0 Å². The summed E-state index contributed by atoms with van der Waals surface area (Å²) in [4.78, 5) is 36.5. The van der Waals surface area contributed by atoms with Crippen molar-refractivity contribution in [2.45, 2.75) is 39.3 Å². The van der Waals surface area contributed by atoms with Crippen LogP contribution in [0.2, 0.25) is 0 Å². The lowest BCUT2D eigenvalue weighted by molar-refractivity contribution is -0.116. The molecule has 1 aromatic carbocycles. The van der Waals surface area contributed by atoms with E-state index < -0.39 is 0 Å². The molecule has 0 unspecified atom stereocenters. The van der Waals surface area contributed by atoms with Crippen molar-refractivity contribution in [1.82, 2.24) is 14.5 Å². The molecule has 2 amide bonds. The zero-order valence-electron chi connectivity index (χ0n) is 21.0. The van der Waals surface area contributed by atoms with Crippen LogP contribution in [0.3, 0.4) is 0 Å². The highest BCUT2D eigenvalue weighted by atomic mass is 32.1. The number of fused-ring (bicyclic) bond motifs is 1. The molecular formula is C26H31N5O4S. The number of rotatable bonds is 8. The van der Waals surface area contributed by atoms with Gasteiger partial charge in [-0.25, -0.2) is 9.78 Å².